The first-order valence-electron chi connectivity index (χ1n) is 11.1. The van der Waals surface area contributed by atoms with E-state index in [4.69, 9.17) is 9.47 Å². The van der Waals surface area contributed by atoms with Gasteiger partial charge in [0.25, 0.3) is 11.1 Å². The molecule has 0 amide bonds. The van der Waals surface area contributed by atoms with E-state index >= 15 is 0 Å². The summed E-state index contributed by atoms with van der Waals surface area (Å²) in [7, 11) is 3.58. The number of allylic oxidation sites excluding steroid dienone is 3. The van der Waals surface area contributed by atoms with Crippen LogP contribution in [0.15, 0.2) is 69.3 Å². The molecule has 0 spiro atoms. The molecule has 0 saturated heterocycles. The van der Waals surface area contributed by atoms with E-state index in [0.29, 0.717) is 47.7 Å². The molecule has 1 N–H and O–H groups in total. The van der Waals surface area contributed by atoms with Crippen LogP contribution >= 0.6 is 0 Å². The van der Waals surface area contributed by atoms with E-state index in [1.54, 1.807) is 19.3 Å². The first kappa shape index (κ1) is 25.9. The highest BCUT2D eigenvalue weighted by Gasteiger charge is 2.19. The summed E-state index contributed by atoms with van der Waals surface area (Å²) in [4.78, 5) is 32.4. The Balaban J connectivity index is 2.04. The molecule has 3 rings (SSSR count). The number of nitrogens with zero attached hydrogens (tertiary/aromatic N) is 4. The molecule has 10 heteroatoms. The number of methoxy groups -OCH3 is 1. The fraction of sp³-hybridized carbons (Fsp3) is 0.320. The molecule has 0 aliphatic rings. The molecular weight excluding hydrogens is 453 g/mol. The molecule has 0 unspecified atom stereocenters. The lowest BCUT2D eigenvalue weighted by atomic mass is 10.2. The van der Waals surface area contributed by atoms with Crippen molar-refractivity contribution in [3.05, 3.63) is 87.0 Å². The lowest BCUT2D eigenvalue weighted by molar-refractivity contribution is 0.158. The number of aromatic nitrogens is 3. The van der Waals surface area contributed by atoms with Crippen LogP contribution in [0.25, 0.3) is 10.9 Å². The predicted octanol–water partition coefficient (Wildman–Crippen LogP) is 2.56. The molecule has 0 saturated carbocycles. The van der Waals surface area contributed by atoms with Crippen LogP contribution in [-0.2, 0) is 24.4 Å². The molecule has 1 aromatic carbocycles. The number of fused-ring (bicyclic) bond motifs is 1. The summed E-state index contributed by atoms with van der Waals surface area (Å²) >= 11 is 0. The Kier molecular flexibility index (Phi) is 8.93. The average Bonchev–Trinajstić information content (AvgIpc) is 3.16. The lowest BCUT2D eigenvalue weighted by Crippen LogP contribution is -2.30. The van der Waals surface area contributed by atoms with Crippen LogP contribution in [0, 0.1) is 5.82 Å². The van der Waals surface area contributed by atoms with Crippen molar-refractivity contribution in [3.63, 3.8) is 0 Å². The third kappa shape index (κ3) is 6.43. The van der Waals surface area contributed by atoms with Crippen molar-refractivity contribution in [1.82, 2.24) is 19.2 Å². The van der Waals surface area contributed by atoms with Crippen molar-refractivity contribution < 1.29 is 13.9 Å². The van der Waals surface area contributed by atoms with Gasteiger partial charge >= 0.3 is 0 Å². The summed E-state index contributed by atoms with van der Waals surface area (Å²) in [5.41, 5.74) is 0.685. The highest BCUT2D eigenvalue weighted by atomic mass is 19.1. The molecule has 0 aliphatic carbocycles. The number of rotatable bonds is 13. The first-order chi connectivity index (χ1) is 16.9. The van der Waals surface area contributed by atoms with E-state index in [1.165, 1.54) is 39.6 Å². The lowest BCUT2D eigenvalue weighted by Gasteiger charge is -2.15. The number of pyridine rings is 1. The normalized spacial score (nSPS) is 11.8. The molecule has 2 heterocycles. The summed E-state index contributed by atoms with van der Waals surface area (Å²) < 4.78 is 27.1. The number of benzene rings is 1. The van der Waals surface area contributed by atoms with Gasteiger partial charge in [-0.3, -0.25) is 24.4 Å². The maximum Gasteiger partial charge on any atom is 0.276 e. The fourth-order valence-electron chi connectivity index (χ4n) is 3.60. The van der Waals surface area contributed by atoms with Gasteiger partial charge in [0.15, 0.2) is 0 Å². The van der Waals surface area contributed by atoms with E-state index in [0.717, 1.165) is 6.54 Å². The molecule has 9 nitrogen and oxygen atoms in total. The van der Waals surface area contributed by atoms with Crippen molar-refractivity contribution in [2.24, 2.45) is 4.99 Å². The minimum Gasteiger partial charge on any atom is -0.487 e. The van der Waals surface area contributed by atoms with Crippen LogP contribution in [0.1, 0.15) is 5.69 Å². The zero-order chi connectivity index (χ0) is 25.4. The molecule has 0 atom stereocenters. The smallest absolute Gasteiger partial charge is 0.276 e. The first-order valence-corrected chi connectivity index (χ1v) is 11.1. The number of ether oxygens (including phenoxy) is 2. The molecular formula is C25H30FN5O4. The van der Waals surface area contributed by atoms with Crippen molar-refractivity contribution >= 4 is 17.6 Å². The third-order valence-electron chi connectivity index (χ3n) is 5.54. The predicted molar refractivity (Wildman–Crippen MR) is 135 cm³/mol. The van der Waals surface area contributed by atoms with Gasteiger partial charge in [-0.15, -0.1) is 0 Å². The van der Waals surface area contributed by atoms with Crippen LogP contribution in [0.4, 0.5) is 4.39 Å². The van der Waals surface area contributed by atoms with Crippen molar-refractivity contribution in [3.8, 4) is 5.75 Å². The van der Waals surface area contributed by atoms with E-state index in [9.17, 15) is 14.0 Å². The van der Waals surface area contributed by atoms with Gasteiger partial charge in [0.1, 0.15) is 18.2 Å². The quantitative estimate of drug-likeness (QED) is 0.298. The SMILES string of the molecule is C=C/C=C(/Cn1c(COc2ccc(F)cc2)c2c(=O)n(CCN(C)CCOC)[nH]c2cc1=O)N=C. The zero-order valence-electron chi connectivity index (χ0n) is 20.0. The molecule has 3 aromatic rings. The van der Waals surface area contributed by atoms with Crippen LogP contribution < -0.4 is 15.9 Å². The summed E-state index contributed by atoms with van der Waals surface area (Å²) in [5.74, 6) is 0.0124. The van der Waals surface area contributed by atoms with Gasteiger partial charge < -0.3 is 18.9 Å². The van der Waals surface area contributed by atoms with Gasteiger partial charge in [0.2, 0.25) is 0 Å². The summed E-state index contributed by atoms with van der Waals surface area (Å²) in [6, 6.07) is 6.91. The number of aromatic amines is 1. The van der Waals surface area contributed by atoms with E-state index < -0.39 is 5.82 Å². The van der Waals surface area contributed by atoms with Crippen LogP contribution in [-0.4, -0.2) is 59.8 Å². The Morgan fingerprint density at radius 1 is 1.26 bits per heavy atom. The van der Waals surface area contributed by atoms with Gasteiger partial charge in [-0.2, -0.15) is 0 Å². The van der Waals surface area contributed by atoms with Crippen molar-refractivity contribution in [2.45, 2.75) is 19.7 Å². The highest BCUT2D eigenvalue weighted by molar-refractivity contribution is 5.80. The Bertz CT molecular complexity index is 1320. The van der Waals surface area contributed by atoms with Gasteiger partial charge in [-0.1, -0.05) is 12.7 Å². The average molecular weight is 484 g/mol. The number of likely N-dealkylation sites (N-methyl/N-ethyl adjacent to an activating group) is 1. The monoisotopic (exact) mass is 483 g/mol. The Morgan fingerprint density at radius 2 is 2.00 bits per heavy atom. The van der Waals surface area contributed by atoms with Crippen molar-refractivity contribution in [2.75, 3.05) is 33.9 Å². The Hall–Kier alpha value is -3.76. The van der Waals surface area contributed by atoms with E-state index in [2.05, 4.69) is 23.4 Å². The third-order valence-corrected chi connectivity index (χ3v) is 5.54. The molecule has 0 radical (unpaired) electrons. The van der Waals surface area contributed by atoms with Gasteiger partial charge in [-0.05, 0) is 44.1 Å². The molecule has 0 fully saturated rings. The second-order valence-corrected chi connectivity index (χ2v) is 7.96. The topological polar surface area (TPSA) is 93.8 Å². The largest absolute Gasteiger partial charge is 0.487 e. The molecule has 0 aliphatic heterocycles. The Labute approximate surface area is 202 Å². The van der Waals surface area contributed by atoms with E-state index in [1.807, 2.05) is 11.9 Å². The van der Waals surface area contributed by atoms with Gasteiger partial charge in [-0.25, -0.2) is 4.39 Å². The van der Waals surface area contributed by atoms with E-state index in [-0.39, 0.29) is 24.3 Å². The van der Waals surface area contributed by atoms with Gasteiger partial charge in [0.05, 0.1) is 42.0 Å². The molecule has 2 aromatic heterocycles. The number of hydrogen-bond donors (Lipinski definition) is 1. The number of H-pyrrole nitrogens is 1. The second kappa shape index (κ2) is 12.1. The number of halogens is 1. The second-order valence-electron chi connectivity index (χ2n) is 7.96. The standard InChI is InChI=1S/C25H30FN5O4/c1-5-6-19(27-2)16-30-22(17-35-20-9-7-18(26)8-10-20)24-21(15-23(30)32)28-31(25(24)33)12-11-29(3)13-14-34-4/h5-10,15,28H,1-2,11-14,16-17H2,3-4H3/b19-6-. The molecule has 186 valence electrons. The summed E-state index contributed by atoms with van der Waals surface area (Å²) in [6.45, 7) is 9.52. The number of hydrogen-bond acceptors (Lipinski definition) is 6. The summed E-state index contributed by atoms with van der Waals surface area (Å²) in [6.07, 6.45) is 3.19. The van der Waals surface area contributed by atoms with Crippen LogP contribution in [0.3, 0.4) is 0 Å². The number of aliphatic imine (C=N–C) groups is 1. The summed E-state index contributed by atoms with van der Waals surface area (Å²) in [5, 5.41) is 3.38. The molecule has 0 bridgehead atoms. The van der Waals surface area contributed by atoms with Gasteiger partial charge in [0, 0.05) is 26.3 Å². The maximum atomic E-state index is 13.4. The number of nitrogens with one attached hydrogen (secondary N) is 1. The molecule has 35 heavy (non-hydrogen) atoms. The Morgan fingerprint density at radius 3 is 2.66 bits per heavy atom. The minimum absolute atomic E-state index is 0.0801. The fourth-order valence-corrected chi connectivity index (χ4v) is 3.60. The van der Waals surface area contributed by atoms with Crippen LogP contribution in [0.5, 0.6) is 5.75 Å². The van der Waals surface area contributed by atoms with Crippen LogP contribution in [0.2, 0.25) is 0 Å². The van der Waals surface area contributed by atoms with Crippen molar-refractivity contribution in [1.29, 1.82) is 0 Å². The maximum absolute atomic E-state index is 13.4. The highest BCUT2D eigenvalue weighted by Crippen LogP contribution is 2.18. The zero-order valence-corrected chi connectivity index (χ0v) is 20.0. The minimum atomic E-state index is -0.392.